The van der Waals surface area contributed by atoms with E-state index >= 15 is 0 Å². The second-order valence-corrected chi connectivity index (χ2v) is 9.17. The van der Waals surface area contributed by atoms with Crippen LogP contribution in [0.4, 0.5) is 0 Å². The predicted molar refractivity (Wildman–Crippen MR) is 85.2 cm³/mol. The molecule has 1 fully saturated rings. The van der Waals surface area contributed by atoms with Crippen molar-refractivity contribution < 1.29 is 18.3 Å². The van der Waals surface area contributed by atoms with E-state index in [-0.39, 0.29) is 6.54 Å². The quantitative estimate of drug-likeness (QED) is 0.830. The van der Waals surface area contributed by atoms with E-state index in [1.165, 1.54) is 13.8 Å². The van der Waals surface area contributed by atoms with E-state index in [2.05, 4.69) is 5.32 Å². The maximum Gasteiger partial charge on any atom is 0.240 e. The van der Waals surface area contributed by atoms with Crippen LogP contribution in [0.2, 0.25) is 0 Å². The Kier molecular flexibility index (Phi) is 4.63. The minimum absolute atomic E-state index is 0.00842. The van der Waals surface area contributed by atoms with Gasteiger partial charge in [-0.2, -0.15) is 0 Å². The molecule has 1 saturated carbocycles. The van der Waals surface area contributed by atoms with Crippen molar-refractivity contribution in [3.63, 3.8) is 0 Å². The molecule has 0 aromatic heterocycles. The molecule has 0 spiro atoms. The summed E-state index contributed by atoms with van der Waals surface area (Å²) < 4.78 is 23.1. The number of hydrogen-bond donors (Lipinski definition) is 2. The largest absolute Gasteiger partial charge is 0.387 e. The highest BCUT2D eigenvalue weighted by Gasteiger charge is 2.50. The summed E-state index contributed by atoms with van der Waals surface area (Å²) in [6, 6.07) is 7.33. The molecule has 0 bridgehead atoms. The first-order chi connectivity index (χ1) is 10.2. The van der Waals surface area contributed by atoms with Gasteiger partial charge in [0, 0.05) is 6.54 Å². The van der Waals surface area contributed by atoms with Crippen molar-refractivity contribution in [2.75, 3.05) is 6.54 Å². The van der Waals surface area contributed by atoms with E-state index < -0.39 is 31.8 Å². The normalized spacial score (nSPS) is 17.1. The zero-order valence-corrected chi connectivity index (χ0v) is 14.0. The van der Waals surface area contributed by atoms with Crippen molar-refractivity contribution >= 4 is 15.7 Å². The fourth-order valence-electron chi connectivity index (χ4n) is 2.23. The standard InChI is InChI=1S/C16H23NO4S/c1-11-4-6-12(7-5-11)14(18)10-17-15(19)16(2,3)22(20,21)13-8-9-13/h4-7,13-14,18H,8-10H2,1-3H3,(H,17,19)/t14-/m1/s1. The third-order valence-corrected chi connectivity index (χ3v) is 7.10. The van der Waals surface area contributed by atoms with Gasteiger partial charge in [-0.1, -0.05) is 29.8 Å². The maximum atomic E-state index is 12.3. The SMILES string of the molecule is Cc1ccc([C@H](O)CNC(=O)C(C)(C)S(=O)(=O)C2CC2)cc1. The van der Waals surface area contributed by atoms with Gasteiger partial charge in [0.25, 0.3) is 0 Å². The second-order valence-electron chi connectivity index (χ2n) is 6.39. The summed E-state index contributed by atoms with van der Waals surface area (Å²) in [6.45, 7) is 4.79. The molecule has 1 aromatic rings. The van der Waals surface area contributed by atoms with Crippen molar-refractivity contribution in [1.82, 2.24) is 5.32 Å². The fraction of sp³-hybridized carbons (Fsp3) is 0.562. The summed E-state index contributed by atoms with van der Waals surface area (Å²) in [5, 5.41) is 12.2. The van der Waals surface area contributed by atoms with E-state index in [1.807, 2.05) is 19.1 Å². The zero-order chi connectivity index (χ0) is 16.5. The van der Waals surface area contributed by atoms with Crippen molar-refractivity contribution in [1.29, 1.82) is 0 Å². The minimum atomic E-state index is -3.48. The van der Waals surface area contributed by atoms with Crippen LogP contribution in [0.15, 0.2) is 24.3 Å². The van der Waals surface area contributed by atoms with Crippen LogP contribution in [0, 0.1) is 6.92 Å². The smallest absolute Gasteiger partial charge is 0.240 e. The molecule has 1 aliphatic rings. The van der Waals surface area contributed by atoms with Crippen LogP contribution >= 0.6 is 0 Å². The third kappa shape index (κ3) is 3.33. The predicted octanol–water partition coefficient (Wildman–Crippen LogP) is 1.50. The number of sulfone groups is 1. The molecule has 1 aromatic carbocycles. The first kappa shape index (κ1) is 17.0. The Balaban J connectivity index is 1.98. The van der Waals surface area contributed by atoms with E-state index in [9.17, 15) is 18.3 Å². The molecular formula is C16H23NO4S. The first-order valence-corrected chi connectivity index (χ1v) is 8.97. The topological polar surface area (TPSA) is 83.5 Å². The van der Waals surface area contributed by atoms with Gasteiger partial charge in [0.1, 0.15) is 4.75 Å². The van der Waals surface area contributed by atoms with Crippen LogP contribution < -0.4 is 5.32 Å². The van der Waals surface area contributed by atoms with Crippen LogP contribution in [0.25, 0.3) is 0 Å². The van der Waals surface area contributed by atoms with Crippen LogP contribution in [0.1, 0.15) is 43.9 Å². The summed E-state index contributed by atoms with van der Waals surface area (Å²) in [6.07, 6.45) is 0.403. The van der Waals surface area contributed by atoms with Gasteiger partial charge in [-0.05, 0) is 39.2 Å². The monoisotopic (exact) mass is 325 g/mol. The molecule has 0 heterocycles. The average molecular weight is 325 g/mol. The van der Waals surface area contributed by atoms with Crippen molar-refractivity contribution in [2.24, 2.45) is 0 Å². The number of amides is 1. The molecule has 0 aliphatic heterocycles. The molecule has 1 amide bonds. The fourth-order valence-corrected chi connectivity index (χ4v) is 4.15. The Morgan fingerprint density at radius 3 is 2.36 bits per heavy atom. The molecule has 0 unspecified atom stereocenters. The molecule has 122 valence electrons. The molecule has 6 heteroatoms. The lowest BCUT2D eigenvalue weighted by atomic mass is 10.1. The molecule has 2 N–H and O–H groups in total. The van der Waals surface area contributed by atoms with Gasteiger partial charge in [-0.15, -0.1) is 0 Å². The van der Waals surface area contributed by atoms with Crippen LogP contribution in [0.3, 0.4) is 0 Å². The maximum absolute atomic E-state index is 12.3. The third-order valence-electron chi connectivity index (χ3n) is 4.14. The zero-order valence-electron chi connectivity index (χ0n) is 13.2. The van der Waals surface area contributed by atoms with Gasteiger partial charge in [0.2, 0.25) is 5.91 Å². The number of hydrogen-bond acceptors (Lipinski definition) is 4. The number of carbonyl (C=O) groups is 1. The molecule has 1 atom stereocenters. The molecule has 22 heavy (non-hydrogen) atoms. The molecule has 5 nitrogen and oxygen atoms in total. The molecule has 2 rings (SSSR count). The van der Waals surface area contributed by atoms with Gasteiger partial charge >= 0.3 is 0 Å². The Bertz CT molecular complexity index is 645. The lowest BCUT2D eigenvalue weighted by molar-refractivity contribution is -0.123. The Labute approximate surface area is 131 Å². The summed E-state index contributed by atoms with van der Waals surface area (Å²) in [4.78, 5) is 12.2. The van der Waals surface area contributed by atoms with E-state index in [0.29, 0.717) is 18.4 Å². The van der Waals surface area contributed by atoms with Crippen LogP contribution in [-0.2, 0) is 14.6 Å². The van der Waals surface area contributed by atoms with Gasteiger partial charge in [0.15, 0.2) is 9.84 Å². The molecule has 1 aliphatic carbocycles. The Morgan fingerprint density at radius 1 is 1.32 bits per heavy atom. The number of rotatable bonds is 6. The molecule has 0 saturated heterocycles. The van der Waals surface area contributed by atoms with Gasteiger partial charge < -0.3 is 10.4 Å². The van der Waals surface area contributed by atoms with Gasteiger partial charge in [-0.3, -0.25) is 4.79 Å². The Morgan fingerprint density at radius 2 is 1.86 bits per heavy atom. The number of nitrogens with one attached hydrogen (secondary N) is 1. The van der Waals surface area contributed by atoms with Crippen LogP contribution in [-0.4, -0.2) is 36.0 Å². The van der Waals surface area contributed by atoms with Crippen molar-refractivity contribution in [3.05, 3.63) is 35.4 Å². The minimum Gasteiger partial charge on any atom is -0.387 e. The summed E-state index contributed by atoms with van der Waals surface area (Å²) in [5.74, 6) is -0.564. The Hall–Kier alpha value is -1.40. The number of aryl methyl sites for hydroxylation is 1. The number of benzene rings is 1. The summed E-state index contributed by atoms with van der Waals surface area (Å²) >= 11 is 0. The number of aliphatic hydroxyl groups excluding tert-OH is 1. The van der Waals surface area contributed by atoms with Crippen LogP contribution in [0.5, 0.6) is 0 Å². The van der Waals surface area contributed by atoms with E-state index in [1.54, 1.807) is 12.1 Å². The highest BCUT2D eigenvalue weighted by molar-refractivity contribution is 7.94. The van der Waals surface area contributed by atoms with E-state index in [0.717, 1.165) is 5.56 Å². The highest BCUT2D eigenvalue weighted by atomic mass is 32.2. The number of carbonyl (C=O) groups excluding carboxylic acids is 1. The summed E-state index contributed by atoms with van der Waals surface area (Å²) in [5.41, 5.74) is 1.77. The van der Waals surface area contributed by atoms with Gasteiger partial charge in [0.05, 0.1) is 11.4 Å². The second kappa shape index (κ2) is 6.01. The van der Waals surface area contributed by atoms with Crippen molar-refractivity contribution in [2.45, 2.75) is 49.7 Å². The highest BCUT2D eigenvalue weighted by Crippen LogP contribution is 2.36. The number of aliphatic hydroxyl groups is 1. The van der Waals surface area contributed by atoms with Gasteiger partial charge in [-0.25, -0.2) is 8.42 Å². The van der Waals surface area contributed by atoms with Crippen molar-refractivity contribution in [3.8, 4) is 0 Å². The molecular weight excluding hydrogens is 302 g/mol. The summed E-state index contributed by atoms with van der Waals surface area (Å²) in [7, 11) is -3.48. The average Bonchev–Trinajstić information content (AvgIpc) is 3.29. The lowest BCUT2D eigenvalue weighted by Crippen LogP contribution is -2.50. The molecule has 0 radical (unpaired) electrons. The lowest BCUT2D eigenvalue weighted by Gasteiger charge is -2.24. The van der Waals surface area contributed by atoms with E-state index in [4.69, 9.17) is 0 Å². The first-order valence-electron chi connectivity index (χ1n) is 7.42.